The maximum Gasteiger partial charge on any atom is 0.0540 e. The molecule has 0 heterocycles. The zero-order valence-electron chi connectivity index (χ0n) is 8.10. The van der Waals surface area contributed by atoms with Crippen LogP contribution in [0.4, 0.5) is 0 Å². The quantitative estimate of drug-likeness (QED) is 0.591. The molecular weight excluding hydrogens is 148 g/mol. The molecule has 0 bridgehead atoms. The van der Waals surface area contributed by atoms with Gasteiger partial charge in [-0.1, -0.05) is 51.4 Å². The number of hydrogen-bond acceptors (Lipinski definition) is 1. The van der Waals surface area contributed by atoms with E-state index in [1.54, 1.807) is 0 Å². The first-order chi connectivity index (χ1) is 5.89. The van der Waals surface area contributed by atoms with Crippen molar-refractivity contribution in [2.75, 3.05) is 0 Å². The van der Waals surface area contributed by atoms with Gasteiger partial charge in [-0.25, -0.2) is 0 Å². The lowest BCUT2D eigenvalue weighted by Gasteiger charge is -2.08. The molecule has 1 aliphatic carbocycles. The van der Waals surface area contributed by atoms with Crippen LogP contribution in [0.1, 0.15) is 64.2 Å². The van der Waals surface area contributed by atoms with Crippen LogP contribution in [-0.4, -0.2) is 11.2 Å². The number of rotatable bonds is 0. The molecule has 0 aromatic heterocycles. The van der Waals surface area contributed by atoms with Crippen molar-refractivity contribution in [1.82, 2.24) is 0 Å². The second-order valence-corrected chi connectivity index (χ2v) is 4.06. The summed E-state index contributed by atoms with van der Waals surface area (Å²) in [6, 6.07) is 0. The summed E-state index contributed by atoms with van der Waals surface area (Å²) in [6.07, 6.45) is 12.8. The lowest BCUT2D eigenvalue weighted by Crippen LogP contribution is -2.05. The van der Waals surface area contributed by atoms with Crippen LogP contribution in [0.15, 0.2) is 0 Å². The Morgan fingerprint density at radius 3 is 1.33 bits per heavy atom. The molecule has 1 heteroatoms. The average Bonchev–Trinajstić information content (AvgIpc) is 2.11. The molecule has 0 radical (unpaired) electrons. The van der Waals surface area contributed by atoms with Gasteiger partial charge in [0.25, 0.3) is 0 Å². The highest BCUT2D eigenvalue weighted by atomic mass is 16.3. The van der Waals surface area contributed by atoms with Crippen LogP contribution in [0.25, 0.3) is 0 Å². The normalized spacial score (nSPS) is 24.8. The third-order valence-electron chi connectivity index (χ3n) is 2.82. The summed E-state index contributed by atoms with van der Waals surface area (Å²) in [7, 11) is 0. The Labute approximate surface area is 76.2 Å². The van der Waals surface area contributed by atoms with Gasteiger partial charge in [-0.15, -0.1) is 0 Å². The molecule has 0 amide bonds. The van der Waals surface area contributed by atoms with Gasteiger partial charge in [0.05, 0.1) is 6.10 Å². The first kappa shape index (κ1) is 10.0. The second-order valence-electron chi connectivity index (χ2n) is 4.06. The molecule has 1 nitrogen and oxygen atoms in total. The standard InChI is InChI=1S/C11H22O/c12-11-9-7-5-3-1-2-4-6-8-10-11/h11-12H,1-10H2. The molecule has 1 rings (SSSR count). The number of aliphatic hydroxyl groups is 1. The van der Waals surface area contributed by atoms with Crippen molar-refractivity contribution in [2.45, 2.75) is 70.3 Å². The van der Waals surface area contributed by atoms with E-state index in [9.17, 15) is 5.11 Å². The van der Waals surface area contributed by atoms with Gasteiger partial charge in [0.2, 0.25) is 0 Å². The van der Waals surface area contributed by atoms with Crippen molar-refractivity contribution in [3.63, 3.8) is 0 Å². The summed E-state index contributed by atoms with van der Waals surface area (Å²) >= 11 is 0. The molecule has 0 atom stereocenters. The monoisotopic (exact) mass is 170 g/mol. The van der Waals surface area contributed by atoms with Crippen molar-refractivity contribution in [2.24, 2.45) is 0 Å². The first-order valence-electron chi connectivity index (χ1n) is 5.57. The molecule has 0 aliphatic heterocycles. The Morgan fingerprint density at radius 1 is 0.583 bits per heavy atom. The van der Waals surface area contributed by atoms with Crippen molar-refractivity contribution in [3.05, 3.63) is 0 Å². The molecule has 0 saturated heterocycles. The predicted octanol–water partition coefficient (Wildman–Crippen LogP) is 3.26. The van der Waals surface area contributed by atoms with Gasteiger partial charge in [-0.05, 0) is 12.8 Å². The maximum atomic E-state index is 9.52. The van der Waals surface area contributed by atoms with Crippen LogP contribution in [0.3, 0.4) is 0 Å². The summed E-state index contributed by atoms with van der Waals surface area (Å²) in [5, 5.41) is 9.52. The van der Waals surface area contributed by atoms with Gasteiger partial charge in [-0.3, -0.25) is 0 Å². The van der Waals surface area contributed by atoms with Crippen LogP contribution in [0, 0.1) is 0 Å². The smallest absolute Gasteiger partial charge is 0.0540 e. The fourth-order valence-corrected chi connectivity index (χ4v) is 1.96. The number of aliphatic hydroxyl groups excluding tert-OH is 1. The zero-order chi connectivity index (χ0) is 8.65. The SMILES string of the molecule is OC1CCCCCCCCCC1. The van der Waals surface area contributed by atoms with Gasteiger partial charge in [0.15, 0.2) is 0 Å². The Kier molecular flexibility index (Phi) is 5.42. The molecule has 12 heavy (non-hydrogen) atoms. The van der Waals surface area contributed by atoms with E-state index in [0.717, 1.165) is 12.8 Å². The highest BCUT2D eigenvalue weighted by molar-refractivity contribution is 4.58. The molecule has 0 aromatic carbocycles. The summed E-state index contributed by atoms with van der Waals surface area (Å²) in [6.45, 7) is 0. The molecule has 1 N–H and O–H groups in total. The predicted molar refractivity (Wildman–Crippen MR) is 52.2 cm³/mol. The summed E-state index contributed by atoms with van der Waals surface area (Å²) in [4.78, 5) is 0. The first-order valence-corrected chi connectivity index (χ1v) is 5.57. The molecule has 72 valence electrons. The minimum absolute atomic E-state index is 0.00287. The minimum atomic E-state index is 0.00287. The molecule has 0 aromatic rings. The molecule has 0 spiro atoms. The summed E-state index contributed by atoms with van der Waals surface area (Å²) in [5.74, 6) is 0. The molecule has 1 saturated carbocycles. The van der Waals surface area contributed by atoms with Gasteiger partial charge in [0.1, 0.15) is 0 Å². The summed E-state index contributed by atoms with van der Waals surface area (Å²) in [5.41, 5.74) is 0. The third-order valence-corrected chi connectivity index (χ3v) is 2.82. The molecule has 0 unspecified atom stereocenters. The highest BCUT2D eigenvalue weighted by Crippen LogP contribution is 2.16. The highest BCUT2D eigenvalue weighted by Gasteiger charge is 2.04. The van der Waals surface area contributed by atoms with Crippen LogP contribution < -0.4 is 0 Å². The fraction of sp³-hybridized carbons (Fsp3) is 1.00. The van der Waals surface area contributed by atoms with Gasteiger partial charge in [-0.2, -0.15) is 0 Å². The Hall–Kier alpha value is -0.0400. The average molecular weight is 170 g/mol. The Morgan fingerprint density at radius 2 is 0.917 bits per heavy atom. The lowest BCUT2D eigenvalue weighted by atomic mass is 10.1. The van der Waals surface area contributed by atoms with Crippen molar-refractivity contribution < 1.29 is 5.11 Å². The van der Waals surface area contributed by atoms with Gasteiger partial charge < -0.3 is 5.11 Å². The topological polar surface area (TPSA) is 20.2 Å². The van der Waals surface area contributed by atoms with E-state index >= 15 is 0 Å². The fourth-order valence-electron chi connectivity index (χ4n) is 1.96. The number of hydrogen-bond donors (Lipinski definition) is 1. The van der Waals surface area contributed by atoms with Crippen molar-refractivity contribution in [1.29, 1.82) is 0 Å². The van der Waals surface area contributed by atoms with Gasteiger partial charge in [0, 0.05) is 0 Å². The Bertz CT molecular complexity index is 89.2. The van der Waals surface area contributed by atoms with E-state index in [-0.39, 0.29) is 6.10 Å². The van der Waals surface area contributed by atoms with E-state index < -0.39 is 0 Å². The third kappa shape index (κ3) is 4.76. The lowest BCUT2D eigenvalue weighted by molar-refractivity contribution is 0.148. The van der Waals surface area contributed by atoms with Crippen LogP contribution >= 0.6 is 0 Å². The van der Waals surface area contributed by atoms with E-state index in [2.05, 4.69) is 0 Å². The molecule has 1 aliphatic rings. The van der Waals surface area contributed by atoms with Crippen LogP contribution in [-0.2, 0) is 0 Å². The van der Waals surface area contributed by atoms with Crippen LogP contribution in [0.5, 0.6) is 0 Å². The summed E-state index contributed by atoms with van der Waals surface area (Å²) < 4.78 is 0. The van der Waals surface area contributed by atoms with Crippen molar-refractivity contribution in [3.8, 4) is 0 Å². The van der Waals surface area contributed by atoms with E-state index in [4.69, 9.17) is 0 Å². The van der Waals surface area contributed by atoms with Crippen molar-refractivity contribution >= 4 is 0 Å². The van der Waals surface area contributed by atoms with Crippen LogP contribution in [0.2, 0.25) is 0 Å². The van der Waals surface area contributed by atoms with E-state index in [0.29, 0.717) is 0 Å². The molecule has 1 fully saturated rings. The zero-order valence-corrected chi connectivity index (χ0v) is 8.10. The largest absolute Gasteiger partial charge is 0.393 e. The van der Waals surface area contributed by atoms with E-state index in [1.807, 2.05) is 0 Å². The second kappa shape index (κ2) is 6.47. The maximum absolute atomic E-state index is 9.52. The molecular formula is C11H22O. The van der Waals surface area contributed by atoms with Gasteiger partial charge >= 0.3 is 0 Å². The van der Waals surface area contributed by atoms with E-state index in [1.165, 1.54) is 51.4 Å². The minimum Gasteiger partial charge on any atom is -0.393 e. The Balaban J connectivity index is 2.13.